The topological polar surface area (TPSA) is 23.5 Å². The van der Waals surface area contributed by atoms with Crippen molar-refractivity contribution in [2.45, 2.75) is 12.7 Å². The summed E-state index contributed by atoms with van der Waals surface area (Å²) in [4.78, 5) is 1.19. The van der Waals surface area contributed by atoms with Gasteiger partial charge in [-0.3, -0.25) is 4.90 Å². The van der Waals surface area contributed by atoms with E-state index in [0.29, 0.717) is 5.56 Å². The van der Waals surface area contributed by atoms with Gasteiger partial charge in [-0.05, 0) is 24.7 Å². The van der Waals surface area contributed by atoms with E-state index in [1.807, 2.05) is 0 Å². The SMILES string of the molecule is CN(Cc1cccc(C#CCO)c1)CC(F)(F)F. The van der Waals surface area contributed by atoms with Crippen molar-refractivity contribution in [2.24, 2.45) is 0 Å². The Morgan fingerprint density at radius 1 is 1.33 bits per heavy atom. The summed E-state index contributed by atoms with van der Waals surface area (Å²) >= 11 is 0. The first kappa shape index (κ1) is 14.6. The Morgan fingerprint density at radius 2 is 2.06 bits per heavy atom. The largest absolute Gasteiger partial charge is 0.401 e. The van der Waals surface area contributed by atoms with Crippen LogP contribution in [0.3, 0.4) is 0 Å². The Hall–Kier alpha value is -1.51. The fourth-order valence-electron chi connectivity index (χ4n) is 1.56. The standard InChI is InChI=1S/C13H14F3NO/c1-17(10-13(14,15)16)9-12-5-2-4-11(8-12)6-3-7-18/h2,4-5,8,18H,7,9-10H2,1H3. The third-order valence-electron chi connectivity index (χ3n) is 2.14. The molecule has 18 heavy (non-hydrogen) atoms. The highest BCUT2D eigenvalue weighted by atomic mass is 19.4. The van der Waals surface area contributed by atoms with Gasteiger partial charge < -0.3 is 5.11 Å². The lowest BCUT2D eigenvalue weighted by molar-refractivity contribution is -0.144. The van der Waals surface area contributed by atoms with E-state index in [1.165, 1.54) is 11.9 Å². The Kier molecular flexibility index (Phi) is 5.20. The van der Waals surface area contributed by atoms with Crippen LogP contribution in [-0.4, -0.2) is 36.4 Å². The Morgan fingerprint density at radius 3 is 2.67 bits per heavy atom. The second-order valence-electron chi connectivity index (χ2n) is 3.95. The van der Waals surface area contributed by atoms with Gasteiger partial charge in [0.15, 0.2) is 0 Å². The predicted octanol–water partition coefficient (Wildman–Crippen LogP) is 2.02. The molecule has 0 atom stereocenters. The molecule has 1 aromatic rings. The second kappa shape index (κ2) is 6.43. The maximum atomic E-state index is 12.2. The van der Waals surface area contributed by atoms with Gasteiger partial charge in [0.1, 0.15) is 6.61 Å². The number of halogens is 3. The van der Waals surface area contributed by atoms with Crippen molar-refractivity contribution in [3.63, 3.8) is 0 Å². The van der Waals surface area contributed by atoms with E-state index in [-0.39, 0.29) is 13.2 Å². The molecule has 5 heteroatoms. The lowest BCUT2D eigenvalue weighted by Gasteiger charge is -2.18. The van der Waals surface area contributed by atoms with E-state index >= 15 is 0 Å². The number of benzene rings is 1. The lowest BCUT2D eigenvalue weighted by Crippen LogP contribution is -2.30. The first-order valence-corrected chi connectivity index (χ1v) is 5.34. The van der Waals surface area contributed by atoms with Gasteiger partial charge >= 0.3 is 6.18 Å². The number of alkyl halides is 3. The Labute approximate surface area is 104 Å². The van der Waals surface area contributed by atoms with E-state index < -0.39 is 12.7 Å². The minimum Gasteiger partial charge on any atom is -0.384 e. The molecule has 0 aliphatic rings. The molecule has 0 aromatic heterocycles. The molecule has 1 N–H and O–H groups in total. The number of hydrogen-bond acceptors (Lipinski definition) is 2. The number of aliphatic hydroxyl groups excluding tert-OH is 1. The number of hydrogen-bond donors (Lipinski definition) is 1. The lowest BCUT2D eigenvalue weighted by atomic mass is 10.1. The minimum atomic E-state index is -4.19. The van der Waals surface area contributed by atoms with Gasteiger partial charge in [-0.15, -0.1) is 0 Å². The zero-order valence-electron chi connectivity index (χ0n) is 9.96. The molecule has 0 bridgehead atoms. The van der Waals surface area contributed by atoms with Crippen molar-refractivity contribution < 1.29 is 18.3 Å². The number of rotatable bonds is 3. The van der Waals surface area contributed by atoms with Crippen molar-refractivity contribution in [3.8, 4) is 11.8 Å². The molecule has 2 nitrogen and oxygen atoms in total. The van der Waals surface area contributed by atoms with Gasteiger partial charge in [-0.1, -0.05) is 24.0 Å². The van der Waals surface area contributed by atoms with E-state index in [1.54, 1.807) is 24.3 Å². The van der Waals surface area contributed by atoms with Crippen molar-refractivity contribution in [3.05, 3.63) is 35.4 Å². The highest BCUT2D eigenvalue weighted by Crippen LogP contribution is 2.17. The second-order valence-corrected chi connectivity index (χ2v) is 3.95. The third-order valence-corrected chi connectivity index (χ3v) is 2.14. The molecule has 1 rings (SSSR count). The van der Waals surface area contributed by atoms with E-state index in [4.69, 9.17) is 5.11 Å². The maximum Gasteiger partial charge on any atom is 0.401 e. The number of aliphatic hydroxyl groups is 1. The molecule has 1 aromatic carbocycles. The van der Waals surface area contributed by atoms with Crippen LogP contribution < -0.4 is 0 Å². The van der Waals surface area contributed by atoms with Gasteiger partial charge in [0.05, 0.1) is 6.54 Å². The molecular formula is C13H14F3NO. The van der Waals surface area contributed by atoms with Crippen LogP contribution in [-0.2, 0) is 6.54 Å². The molecule has 0 aliphatic carbocycles. The molecular weight excluding hydrogens is 243 g/mol. The highest BCUT2D eigenvalue weighted by Gasteiger charge is 2.28. The zero-order valence-corrected chi connectivity index (χ0v) is 9.96. The summed E-state index contributed by atoms with van der Waals surface area (Å²) in [5.41, 5.74) is 1.44. The summed E-state index contributed by atoms with van der Waals surface area (Å²) in [7, 11) is 1.42. The van der Waals surface area contributed by atoms with Crippen molar-refractivity contribution in [1.82, 2.24) is 4.90 Å². The molecule has 0 amide bonds. The summed E-state index contributed by atoms with van der Waals surface area (Å²) in [5, 5.41) is 8.56. The maximum absolute atomic E-state index is 12.2. The van der Waals surface area contributed by atoms with Crippen molar-refractivity contribution >= 4 is 0 Å². The molecule has 0 saturated carbocycles. The average Bonchev–Trinajstić information content (AvgIpc) is 2.24. The van der Waals surface area contributed by atoms with Crippen molar-refractivity contribution in [2.75, 3.05) is 20.2 Å². The summed E-state index contributed by atoms with van der Waals surface area (Å²) in [6.07, 6.45) is -4.19. The monoisotopic (exact) mass is 257 g/mol. The van der Waals surface area contributed by atoms with Gasteiger partial charge in [-0.2, -0.15) is 13.2 Å². The fourth-order valence-corrected chi connectivity index (χ4v) is 1.56. The molecule has 0 saturated heterocycles. The van der Waals surface area contributed by atoms with Crippen molar-refractivity contribution in [1.29, 1.82) is 0 Å². The van der Waals surface area contributed by atoms with Gasteiger partial charge in [0.2, 0.25) is 0 Å². The van der Waals surface area contributed by atoms with Crippen LogP contribution in [0.25, 0.3) is 0 Å². The van der Waals surface area contributed by atoms with Gasteiger partial charge in [0, 0.05) is 12.1 Å². The third kappa shape index (κ3) is 5.71. The summed E-state index contributed by atoms with van der Waals surface area (Å²) < 4.78 is 36.5. The molecule has 98 valence electrons. The predicted molar refractivity (Wildman–Crippen MR) is 62.8 cm³/mol. The van der Waals surface area contributed by atoms with Gasteiger partial charge in [-0.25, -0.2) is 0 Å². The fraction of sp³-hybridized carbons (Fsp3) is 0.385. The number of nitrogens with zero attached hydrogens (tertiary/aromatic N) is 1. The Bertz CT molecular complexity index is 446. The van der Waals surface area contributed by atoms with E-state index in [9.17, 15) is 13.2 Å². The van der Waals surface area contributed by atoms with Crippen LogP contribution in [0.15, 0.2) is 24.3 Å². The molecule has 0 radical (unpaired) electrons. The molecule has 0 unspecified atom stereocenters. The average molecular weight is 257 g/mol. The van der Waals surface area contributed by atoms with E-state index in [2.05, 4.69) is 11.8 Å². The Balaban J connectivity index is 2.67. The molecule has 0 aliphatic heterocycles. The first-order valence-electron chi connectivity index (χ1n) is 5.34. The first-order chi connectivity index (χ1) is 8.40. The normalized spacial score (nSPS) is 11.2. The molecule has 0 fully saturated rings. The smallest absolute Gasteiger partial charge is 0.384 e. The van der Waals surface area contributed by atoms with Crippen LogP contribution in [0.5, 0.6) is 0 Å². The van der Waals surface area contributed by atoms with E-state index in [0.717, 1.165) is 5.56 Å². The van der Waals surface area contributed by atoms with Crippen LogP contribution in [0.2, 0.25) is 0 Å². The summed E-state index contributed by atoms with van der Waals surface area (Å²) in [5.74, 6) is 5.21. The quantitative estimate of drug-likeness (QED) is 0.837. The molecule has 0 heterocycles. The minimum absolute atomic E-state index is 0.203. The van der Waals surface area contributed by atoms with Crippen LogP contribution >= 0.6 is 0 Å². The summed E-state index contributed by atoms with van der Waals surface area (Å²) in [6.45, 7) is -0.980. The van der Waals surface area contributed by atoms with Crippen LogP contribution in [0.1, 0.15) is 11.1 Å². The summed E-state index contributed by atoms with van der Waals surface area (Å²) in [6, 6.07) is 6.95. The molecule has 0 spiro atoms. The zero-order chi connectivity index (χ0) is 13.6. The van der Waals surface area contributed by atoms with Crippen LogP contribution in [0.4, 0.5) is 13.2 Å². The van der Waals surface area contributed by atoms with Gasteiger partial charge in [0.25, 0.3) is 0 Å². The highest BCUT2D eigenvalue weighted by molar-refractivity contribution is 5.37. The van der Waals surface area contributed by atoms with Crippen LogP contribution in [0, 0.1) is 11.8 Å².